The first kappa shape index (κ1) is 28.3. The first-order chi connectivity index (χ1) is 17.5. The molecule has 2 amide bonds. The average molecular weight is 532 g/mol. The van der Waals surface area contributed by atoms with Gasteiger partial charge in [-0.15, -0.1) is 0 Å². The van der Waals surface area contributed by atoms with Crippen molar-refractivity contribution in [2.45, 2.75) is 59.2 Å². The molecule has 0 unspecified atom stereocenters. The molecular formula is C27H37N3O6S. The minimum atomic E-state index is -3.84. The van der Waals surface area contributed by atoms with Gasteiger partial charge in [0, 0.05) is 18.7 Å². The predicted octanol–water partition coefficient (Wildman–Crippen LogP) is 3.25. The number of anilines is 1. The first-order valence-corrected chi connectivity index (χ1v) is 14.4. The van der Waals surface area contributed by atoms with Crippen LogP contribution in [-0.4, -0.2) is 63.2 Å². The largest absolute Gasteiger partial charge is 0.486 e. The summed E-state index contributed by atoms with van der Waals surface area (Å²) < 4.78 is 37.8. The van der Waals surface area contributed by atoms with Gasteiger partial charge in [-0.25, -0.2) is 8.42 Å². The predicted molar refractivity (Wildman–Crippen MR) is 143 cm³/mol. The molecule has 37 heavy (non-hydrogen) atoms. The molecule has 0 radical (unpaired) electrons. The van der Waals surface area contributed by atoms with Crippen LogP contribution in [0.15, 0.2) is 42.5 Å². The monoisotopic (exact) mass is 531 g/mol. The number of amides is 2. The Balaban J connectivity index is 1.95. The summed E-state index contributed by atoms with van der Waals surface area (Å²) in [4.78, 5) is 28.5. The number of hydrogen-bond donors (Lipinski definition) is 1. The lowest BCUT2D eigenvalue weighted by atomic mass is 10.1. The molecular weight excluding hydrogens is 494 g/mol. The van der Waals surface area contributed by atoms with E-state index in [2.05, 4.69) is 5.32 Å². The molecule has 0 spiro atoms. The highest BCUT2D eigenvalue weighted by Gasteiger charge is 2.32. The van der Waals surface area contributed by atoms with E-state index in [1.165, 1.54) is 4.90 Å². The molecule has 9 nitrogen and oxygen atoms in total. The minimum absolute atomic E-state index is 0.0531. The Hall–Kier alpha value is -3.27. The van der Waals surface area contributed by atoms with E-state index in [1.54, 1.807) is 18.2 Å². The number of carbonyl (C=O) groups is 2. The molecule has 10 heteroatoms. The number of sulfonamides is 1. The van der Waals surface area contributed by atoms with E-state index in [9.17, 15) is 18.0 Å². The van der Waals surface area contributed by atoms with E-state index >= 15 is 0 Å². The third-order valence-electron chi connectivity index (χ3n) is 6.32. The summed E-state index contributed by atoms with van der Waals surface area (Å²) in [7, 11) is -3.84. The molecule has 0 saturated carbocycles. The van der Waals surface area contributed by atoms with E-state index in [4.69, 9.17) is 9.47 Å². The Morgan fingerprint density at radius 3 is 2.35 bits per heavy atom. The van der Waals surface area contributed by atoms with E-state index < -0.39 is 28.5 Å². The van der Waals surface area contributed by atoms with Crippen molar-refractivity contribution in [3.8, 4) is 11.5 Å². The summed E-state index contributed by atoms with van der Waals surface area (Å²) in [6.07, 6.45) is 2.18. The summed E-state index contributed by atoms with van der Waals surface area (Å²) >= 11 is 0. The van der Waals surface area contributed by atoms with Crippen LogP contribution in [0.4, 0.5) is 5.69 Å². The van der Waals surface area contributed by atoms with Crippen LogP contribution >= 0.6 is 0 Å². The second-order valence-corrected chi connectivity index (χ2v) is 11.3. The van der Waals surface area contributed by atoms with E-state index in [0.29, 0.717) is 31.1 Å². The molecule has 0 bridgehead atoms. The first-order valence-electron chi connectivity index (χ1n) is 12.6. The zero-order valence-electron chi connectivity index (χ0n) is 22.2. The van der Waals surface area contributed by atoms with Crippen LogP contribution in [-0.2, 0) is 26.2 Å². The number of carbonyl (C=O) groups excluding carboxylic acids is 2. The molecule has 1 heterocycles. The highest BCUT2D eigenvalue weighted by atomic mass is 32.2. The number of hydrogen-bond acceptors (Lipinski definition) is 6. The molecule has 2 aromatic carbocycles. The van der Waals surface area contributed by atoms with E-state index in [1.807, 2.05) is 52.0 Å². The molecule has 2 atom stereocenters. The van der Waals surface area contributed by atoms with Crippen LogP contribution < -0.4 is 19.1 Å². The summed E-state index contributed by atoms with van der Waals surface area (Å²) in [5.41, 5.74) is 2.16. The molecule has 2 aromatic rings. The molecule has 202 valence electrons. The van der Waals surface area contributed by atoms with Crippen LogP contribution in [0.1, 0.15) is 44.7 Å². The SMILES string of the molecule is CC[C@@H](C)NC(=O)[C@H](CC)N(Cc1cccc(C)c1)C(=O)CN(c1ccc2c(c1)OCCO2)S(C)(=O)=O. The van der Waals surface area contributed by atoms with Crippen molar-refractivity contribution >= 4 is 27.5 Å². The van der Waals surface area contributed by atoms with Crippen molar-refractivity contribution < 1.29 is 27.5 Å². The van der Waals surface area contributed by atoms with Crippen LogP contribution in [0, 0.1) is 6.92 Å². The second-order valence-electron chi connectivity index (χ2n) is 9.35. The van der Waals surface area contributed by atoms with Gasteiger partial charge in [0.2, 0.25) is 21.8 Å². The Morgan fingerprint density at radius 1 is 1.03 bits per heavy atom. The van der Waals surface area contributed by atoms with Crippen LogP contribution in [0.25, 0.3) is 0 Å². The standard InChI is InChI=1S/C27H37N3O6S/c1-6-20(4)28-27(32)23(7-2)29(17-21-10-8-9-19(3)15-21)26(31)18-30(37(5,33)34)22-11-12-24-25(16-22)36-14-13-35-24/h8-12,15-16,20,23H,6-7,13-14,17-18H2,1-5H3,(H,28,32)/t20-,23+/m1/s1. The van der Waals surface area contributed by atoms with Gasteiger partial charge in [0.1, 0.15) is 25.8 Å². The van der Waals surface area contributed by atoms with Crippen LogP contribution in [0.5, 0.6) is 11.5 Å². The lowest BCUT2D eigenvalue weighted by molar-refractivity contribution is -0.140. The van der Waals surface area contributed by atoms with Gasteiger partial charge in [-0.3, -0.25) is 13.9 Å². The maximum atomic E-state index is 13.8. The molecule has 1 N–H and O–H groups in total. The number of nitrogens with one attached hydrogen (secondary N) is 1. The van der Waals surface area contributed by atoms with E-state index in [-0.39, 0.29) is 24.2 Å². The highest BCUT2D eigenvalue weighted by molar-refractivity contribution is 7.92. The summed E-state index contributed by atoms with van der Waals surface area (Å²) in [5.74, 6) is 0.195. The van der Waals surface area contributed by atoms with Gasteiger partial charge in [-0.05, 0) is 44.4 Å². The molecule has 1 aliphatic rings. The Kier molecular flexibility index (Phi) is 9.42. The van der Waals surface area contributed by atoms with Gasteiger partial charge in [0.25, 0.3) is 0 Å². The smallest absolute Gasteiger partial charge is 0.244 e. The fourth-order valence-corrected chi connectivity index (χ4v) is 5.01. The molecule has 1 aliphatic heterocycles. The number of nitrogens with zero attached hydrogens (tertiary/aromatic N) is 2. The molecule has 0 aliphatic carbocycles. The van der Waals surface area contributed by atoms with Gasteiger partial charge >= 0.3 is 0 Å². The van der Waals surface area contributed by atoms with E-state index in [0.717, 1.165) is 28.1 Å². The maximum absolute atomic E-state index is 13.8. The summed E-state index contributed by atoms with van der Waals surface area (Å²) in [6, 6.07) is 11.6. The number of fused-ring (bicyclic) bond motifs is 1. The van der Waals surface area contributed by atoms with Crippen molar-refractivity contribution in [3.63, 3.8) is 0 Å². The summed E-state index contributed by atoms with van der Waals surface area (Å²) in [6.45, 7) is 8.14. The fourth-order valence-electron chi connectivity index (χ4n) is 4.17. The number of aryl methyl sites for hydroxylation is 1. The lowest BCUT2D eigenvalue weighted by Crippen LogP contribution is -2.53. The normalized spacial score (nSPS) is 14.4. The zero-order chi connectivity index (χ0) is 27.2. The third-order valence-corrected chi connectivity index (χ3v) is 7.46. The Labute approximate surface area is 219 Å². The van der Waals surface area contributed by atoms with Gasteiger partial charge in [0.05, 0.1) is 11.9 Å². The van der Waals surface area contributed by atoms with Crippen LogP contribution in [0.2, 0.25) is 0 Å². The topological polar surface area (TPSA) is 105 Å². The Morgan fingerprint density at radius 2 is 1.73 bits per heavy atom. The minimum Gasteiger partial charge on any atom is -0.486 e. The van der Waals surface area contributed by atoms with Gasteiger partial charge in [-0.2, -0.15) is 0 Å². The molecule has 0 fully saturated rings. The average Bonchev–Trinajstić information content (AvgIpc) is 2.86. The fraction of sp³-hybridized carbons (Fsp3) is 0.481. The second kappa shape index (κ2) is 12.3. The van der Waals surface area contributed by atoms with Gasteiger partial charge in [-0.1, -0.05) is 43.7 Å². The van der Waals surface area contributed by atoms with Crippen molar-refractivity contribution in [1.82, 2.24) is 10.2 Å². The third kappa shape index (κ3) is 7.38. The number of benzene rings is 2. The summed E-state index contributed by atoms with van der Waals surface area (Å²) in [5, 5.41) is 2.97. The van der Waals surface area contributed by atoms with Gasteiger partial charge < -0.3 is 19.7 Å². The van der Waals surface area contributed by atoms with Crippen molar-refractivity contribution in [1.29, 1.82) is 0 Å². The van der Waals surface area contributed by atoms with Crippen molar-refractivity contribution in [2.24, 2.45) is 0 Å². The molecule has 0 aromatic heterocycles. The van der Waals surface area contributed by atoms with Crippen molar-refractivity contribution in [3.05, 3.63) is 53.6 Å². The molecule has 3 rings (SSSR count). The lowest BCUT2D eigenvalue weighted by Gasteiger charge is -2.33. The Bertz CT molecular complexity index is 1220. The van der Waals surface area contributed by atoms with Gasteiger partial charge in [0.15, 0.2) is 11.5 Å². The quantitative estimate of drug-likeness (QED) is 0.477. The number of rotatable bonds is 11. The highest BCUT2D eigenvalue weighted by Crippen LogP contribution is 2.34. The maximum Gasteiger partial charge on any atom is 0.244 e. The van der Waals surface area contributed by atoms with Crippen molar-refractivity contribution in [2.75, 3.05) is 30.3 Å². The number of ether oxygens (including phenoxy) is 2. The van der Waals surface area contributed by atoms with Crippen LogP contribution in [0.3, 0.4) is 0 Å². The molecule has 0 saturated heterocycles. The zero-order valence-corrected chi connectivity index (χ0v) is 23.0.